The normalized spacial score (nSPS) is 12.6. The smallest absolute Gasteiger partial charge is 0.412 e. The first kappa shape index (κ1) is 61.1. The molecule has 11 rings (SSSR count). The van der Waals surface area contributed by atoms with Crippen LogP contribution < -0.4 is 38.5 Å². The van der Waals surface area contributed by atoms with Gasteiger partial charge in [0.05, 0.1) is 0 Å². The van der Waals surface area contributed by atoms with Crippen molar-refractivity contribution in [1.29, 1.82) is 0 Å². The van der Waals surface area contributed by atoms with Gasteiger partial charge in [-0.15, -0.1) is 16.4 Å². The third-order valence-corrected chi connectivity index (χ3v) is 14.6. The Morgan fingerprint density at radius 3 is 0.831 bits per heavy atom. The van der Waals surface area contributed by atoms with Crippen LogP contribution in [0.15, 0.2) is 141 Å². The Hall–Kier alpha value is -7.94. The molecule has 5 aromatic carbocycles. The fraction of sp³-hybridized carbons (Fsp3) is 0.130. The van der Waals surface area contributed by atoms with Crippen LogP contribution in [0.5, 0.6) is 0 Å². The predicted octanol–water partition coefficient (Wildman–Crippen LogP) is 7.46. The van der Waals surface area contributed by atoms with Crippen molar-refractivity contribution in [1.82, 2.24) is 43.7 Å². The summed E-state index contributed by atoms with van der Waals surface area (Å²) in [6.45, 7) is 5.96. The zero-order valence-corrected chi connectivity index (χ0v) is 45.3. The average Bonchev–Trinajstić information content (AvgIpc) is 2.48. The van der Waals surface area contributed by atoms with Crippen LogP contribution in [0.3, 0.4) is 0 Å². The summed E-state index contributed by atoms with van der Waals surface area (Å²) < 4.78 is 224. The first-order valence-corrected chi connectivity index (χ1v) is 24.9. The number of aromatic nitrogens is 9. The molecule has 1 fully saturated rings. The van der Waals surface area contributed by atoms with Crippen molar-refractivity contribution in [2.24, 2.45) is 0 Å². The molecule has 0 atom stereocenters. The molecule has 424 valence electrons. The Morgan fingerprint density at radius 1 is 0.361 bits per heavy atom. The molecule has 0 unspecified atom stereocenters. The number of rotatable bonds is 11. The average molecular weight is 1190 g/mol. The minimum atomic E-state index is -5.41. The van der Waals surface area contributed by atoms with Gasteiger partial charge < -0.3 is 28.1 Å². The number of halogens is 15. The molecule has 0 saturated carbocycles. The van der Waals surface area contributed by atoms with Crippen molar-refractivity contribution in [2.45, 2.75) is 33.5 Å². The van der Waals surface area contributed by atoms with Crippen molar-refractivity contribution < 1.29 is 96.4 Å². The minimum absolute atomic E-state index is 0. The van der Waals surface area contributed by atoms with Crippen LogP contribution in [0.25, 0.3) is 0 Å². The summed E-state index contributed by atoms with van der Waals surface area (Å²) >= 11 is 0. The largest absolute Gasteiger partial charge is 3.00 e. The second-order valence-electron chi connectivity index (χ2n) is 19.4. The van der Waals surface area contributed by atoms with Gasteiger partial charge in [-0.25, -0.2) is 86.3 Å². The Labute approximate surface area is 481 Å². The fourth-order valence-corrected chi connectivity index (χ4v) is 10.7. The van der Waals surface area contributed by atoms with E-state index >= 15 is 0 Å². The molecule has 0 bridgehead atoms. The molecular formula is C54H40B3F15N9OSc. The molecule has 1 saturated heterocycles. The first-order chi connectivity index (χ1) is 39.2. The molecule has 0 N–H and O–H groups in total. The monoisotopic (exact) mass is 1190 g/mol. The molecule has 83 heavy (non-hydrogen) atoms. The number of benzene rings is 5. The molecule has 1 aliphatic rings. The summed E-state index contributed by atoms with van der Waals surface area (Å²) in [6, 6.07) is 31.0. The Morgan fingerprint density at radius 2 is 0.614 bits per heavy atom. The van der Waals surface area contributed by atoms with Crippen LogP contribution in [-0.2, 0) is 30.6 Å². The van der Waals surface area contributed by atoms with Gasteiger partial charge >= 0.3 is 25.8 Å². The van der Waals surface area contributed by atoms with E-state index in [-0.39, 0.29) is 32.7 Å². The van der Waals surface area contributed by atoms with Gasteiger partial charge in [0, 0.05) is 38.0 Å². The number of aryl methyl sites for hydroxylation is 2. The van der Waals surface area contributed by atoms with Gasteiger partial charge in [0.25, 0.3) is 12.8 Å². The maximum absolute atomic E-state index is 14.6. The molecule has 10 aromatic rings. The van der Waals surface area contributed by atoms with E-state index in [0.717, 1.165) is 35.3 Å². The van der Waals surface area contributed by atoms with Gasteiger partial charge in [-0.1, -0.05) is 89.0 Å². The SMILES string of the molecule is C1CCOC1.C[B-](c1c(F)c(F)c(F)c(F)c1F)(c1c(F)c(F)c(F)c(F)c1F)c1c(F)c(F)c(F)c(F)c1F.Cc1ccc([B-](c2cccc([B-](c3ccc(C)cc3)(n3cccn3)n3cccn3)n2)(n2cccn2)n2cccn2)cc1.[Sc+3]. The molecule has 0 radical (unpaired) electrons. The third-order valence-electron chi connectivity index (χ3n) is 14.6. The first-order valence-electron chi connectivity index (χ1n) is 24.9. The summed E-state index contributed by atoms with van der Waals surface area (Å²) in [5.41, 5.74) is -1.87. The fourth-order valence-electron chi connectivity index (χ4n) is 10.7. The van der Waals surface area contributed by atoms with Crippen LogP contribution in [0.1, 0.15) is 24.0 Å². The van der Waals surface area contributed by atoms with Gasteiger partial charge in [0.2, 0.25) is 0 Å². The van der Waals surface area contributed by atoms with Gasteiger partial charge in [-0.2, -0.15) is 17.7 Å². The quantitative estimate of drug-likeness (QED) is 0.0579. The summed E-state index contributed by atoms with van der Waals surface area (Å²) in [4.78, 5) is 5.55. The minimum Gasteiger partial charge on any atom is -0.412 e. The van der Waals surface area contributed by atoms with E-state index in [1.807, 2.05) is 67.4 Å². The topological polar surface area (TPSA) is 93.4 Å². The summed E-state index contributed by atoms with van der Waals surface area (Å²) in [5, 5.41) is 19.2. The van der Waals surface area contributed by atoms with Crippen LogP contribution in [0.4, 0.5) is 65.9 Å². The Bertz CT molecular complexity index is 3450. The van der Waals surface area contributed by atoms with Crippen LogP contribution in [0, 0.1) is 101 Å². The zero-order chi connectivity index (χ0) is 59.0. The molecule has 29 heteroatoms. The van der Waals surface area contributed by atoms with Crippen LogP contribution >= 0.6 is 0 Å². The van der Waals surface area contributed by atoms with E-state index in [1.165, 1.54) is 24.0 Å². The van der Waals surface area contributed by atoms with Crippen molar-refractivity contribution in [3.05, 3.63) is 239 Å². The number of hydrogen-bond acceptors (Lipinski definition) is 6. The van der Waals surface area contributed by atoms with E-state index in [9.17, 15) is 65.9 Å². The number of hydrogen-bond donors (Lipinski definition) is 0. The Kier molecular flexibility index (Phi) is 18.0. The van der Waals surface area contributed by atoms with Crippen molar-refractivity contribution in [3.63, 3.8) is 0 Å². The van der Waals surface area contributed by atoms with E-state index in [4.69, 9.17) is 30.1 Å². The molecule has 0 aliphatic carbocycles. The van der Waals surface area contributed by atoms with Crippen molar-refractivity contribution >= 4 is 57.5 Å². The van der Waals surface area contributed by atoms with Crippen LogP contribution in [0.2, 0.25) is 6.82 Å². The molecule has 6 heterocycles. The molecule has 1 aliphatic heterocycles. The second kappa shape index (κ2) is 24.5. The third kappa shape index (κ3) is 10.3. The zero-order valence-electron chi connectivity index (χ0n) is 43.5. The van der Waals surface area contributed by atoms with Crippen molar-refractivity contribution in [3.8, 4) is 0 Å². The van der Waals surface area contributed by atoms with E-state index in [1.54, 1.807) is 24.8 Å². The molecule has 0 spiro atoms. The summed E-state index contributed by atoms with van der Waals surface area (Å²) in [7, 11) is 0. The molecule has 10 nitrogen and oxygen atoms in total. The summed E-state index contributed by atoms with van der Waals surface area (Å²) in [6.07, 6.45) is 8.30. The van der Waals surface area contributed by atoms with E-state index < -0.39 is 123 Å². The molecular weight excluding hydrogens is 1150 g/mol. The number of pyridine rings is 1. The molecule has 0 amide bonds. The second-order valence-corrected chi connectivity index (χ2v) is 19.4. The maximum atomic E-state index is 14.6. The standard InChI is InChI=1S/C31H29B2N9.C19H3BF15.C4H8O.Sc/c1-26-10-14-28(15-11-26)32(39-22-4-18-34-39,40-23-5-19-35-40)30-8-3-9-31(38-30)33(41-24-6-20-36-41,42-25-7-21-37-42)29-16-12-27(2)13-17-29;1-20(2-5(21)11(27)17(33)12(28)6(2)22,3-7(23)13(29)18(34)14(30)8(3)24)4-9(25)15(31)19(35)16(32)10(4)26;1-2-4-5-3-1;/h3-25H,1-2H3;1H3;1-4H2;/q-2;-1;;+3. The van der Waals surface area contributed by atoms with Gasteiger partial charge in [-0.3, -0.25) is 0 Å². The number of nitrogens with zero attached hydrogens (tertiary/aromatic N) is 9. The van der Waals surface area contributed by atoms with E-state index in [2.05, 4.69) is 80.6 Å². The van der Waals surface area contributed by atoms with Gasteiger partial charge in [0.1, 0.15) is 41.0 Å². The van der Waals surface area contributed by atoms with Crippen molar-refractivity contribution in [2.75, 3.05) is 13.2 Å². The van der Waals surface area contributed by atoms with Crippen LogP contribution in [-0.4, -0.2) is 75.9 Å². The van der Waals surface area contributed by atoms with E-state index in [0.29, 0.717) is 0 Å². The Balaban J connectivity index is 0.000000201. The summed E-state index contributed by atoms with van der Waals surface area (Å²) in [5.74, 6) is -45.1. The van der Waals surface area contributed by atoms with Gasteiger partial charge in [0.15, 0.2) is 52.4 Å². The molecule has 5 aromatic heterocycles. The maximum Gasteiger partial charge on any atom is 3.00 e. The predicted molar refractivity (Wildman–Crippen MR) is 276 cm³/mol. The number of ether oxygens (including phenoxy) is 1. The van der Waals surface area contributed by atoms with Gasteiger partial charge in [-0.05, 0) is 75.7 Å².